The molecule has 0 spiro atoms. The summed E-state index contributed by atoms with van der Waals surface area (Å²) in [5, 5.41) is 3.47. The van der Waals surface area contributed by atoms with Gasteiger partial charge < -0.3 is 14.6 Å². The number of amides is 1. The lowest BCUT2D eigenvalue weighted by Gasteiger charge is -2.26. The highest BCUT2D eigenvalue weighted by molar-refractivity contribution is 7.99. The largest absolute Gasteiger partial charge is 0.379 e. The Kier molecular flexibility index (Phi) is 5.97. The number of aryl methyl sites for hydroxylation is 1. The second-order valence-electron chi connectivity index (χ2n) is 5.70. The molecular formula is C16H20N4O4S2. The topological polar surface area (TPSA) is 93.5 Å². The molecule has 0 saturated carbocycles. The van der Waals surface area contributed by atoms with E-state index >= 15 is 0 Å². The predicted octanol–water partition coefficient (Wildman–Crippen LogP) is 1.17. The number of hydrogen-bond acceptors (Lipinski definition) is 6. The summed E-state index contributed by atoms with van der Waals surface area (Å²) in [5.74, 6) is -0.0374. The molecule has 2 aromatic rings. The molecule has 2 heterocycles. The SMILES string of the molecule is Cn1ccnc1SCC(=O)Nc1cccc(S(=O)(=O)N2CCOCC2)c1. The molecule has 0 unspecified atom stereocenters. The molecule has 0 radical (unpaired) electrons. The van der Waals surface area contributed by atoms with Crippen molar-refractivity contribution in [1.82, 2.24) is 13.9 Å². The van der Waals surface area contributed by atoms with Crippen molar-refractivity contribution in [2.45, 2.75) is 10.1 Å². The summed E-state index contributed by atoms with van der Waals surface area (Å²) >= 11 is 1.31. The van der Waals surface area contributed by atoms with Crippen molar-refractivity contribution in [3.63, 3.8) is 0 Å². The van der Waals surface area contributed by atoms with Gasteiger partial charge in [-0.3, -0.25) is 4.79 Å². The third-order valence-electron chi connectivity index (χ3n) is 3.83. The van der Waals surface area contributed by atoms with Crippen LogP contribution in [-0.4, -0.2) is 60.2 Å². The zero-order valence-corrected chi connectivity index (χ0v) is 15.9. The quantitative estimate of drug-likeness (QED) is 0.737. The summed E-state index contributed by atoms with van der Waals surface area (Å²) in [6, 6.07) is 6.30. The number of rotatable bonds is 6. The van der Waals surface area contributed by atoms with Crippen molar-refractivity contribution in [3.8, 4) is 0 Å². The summed E-state index contributed by atoms with van der Waals surface area (Å²) in [7, 11) is -1.74. The maximum absolute atomic E-state index is 12.7. The van der Waals surface area contributed by atoms with Crippen LogP contribution in [0.25, 0.3) is 0 Å². The average molecular weight is 396 g/mol. The van der Waals surface area contributed by atoms with E-state index in [0.717, 1.165) is 5.16 Å². The summed E-state index contributed by atoms with van der Waals surface area (Å²) in [6.45, 7) is 1.44. The molecule has 1 aromatic carbocycles. The van der Waals surface area contributed by atoms with Crippen LogP contribution in [0.3, 0.4) is 0 Å². The van der Waals surface area contributed by atoms with Crippen molar-refractivity contribution < 1.29 is 17.9 Å². The average Bonchev–Trinajstić information content (AvgIpc) is 3.06. The van der Waals surface area contributed by atoms with Gasteiger partial charge in [-0.25, -0.2) is 13.4 Å². The van der Waals surface area contributed by atoms with Gasteiger partial charge in [-0.05, 0) is 18.2 Å². The standard InChI is InChI=1S/C16H20N4O4S2/c1-19-6-5-17-16(19)25-12-15(21)18-13-3-2-4-14(11-13)26(22,23)20-7-9-24-10-8-20/h2-6,11H,7-10,12H2,1H3,(H,18,21). The lowest BCUT2D eigenvalue weighted by molar-refractivity contribution is -0.113. The Bertz CT molecular complexity index is 876. The van der Waals surface area contributed by atoms with Gasteiger partial charge in [0.15, 0.2) is 5.16 Å². The minimum absolute atomic E-state index is 0.161. The van der Waals surface area contributed by atoms with E-state index in [4.69, 9.17) is 4.74 Å². The fourth-order valence-corrected chi connectivity index (χ4v) is 4.68. The molecular weight excluding hydrogens is 376 g/mol. The molecule has 26 heavy (non-hydrogen) atoms. The van der Waals surface area contributed by atoms with Crippen molar-refractivity contribution in [3.05, 3.63) is 36.7 Å². The van der Waals surface area contributed by atoms with Crippen molar-refractivity contribution >= 4 is 33.4 Å². The molecule has 1 aliphatic heterocycles. The van der Waals surface area contributed by atoms with Crippen molar-refractivity contribution in [2.75, 3.05) is 37.4 Å². The summed E-state index contributed by atoms with van der Waals surface area (Å²) in [6.07, 6.45) is 3.47. The molecule has 1 aromatic heterocycles. The van der Waals surface area contributed by atoms with Crippen molar-refractivity contribution in [1.29, 1.82) is 0 Å². The van der Waals surface area contributed by atoms with Crippen LogP contribution in [0.5, 0.6) is 0 Å². The van der Waals surface area contributed by atoms with Gasteiger partial charge >= 0.3 is 0 Å². The first-order chi connectivity index (χ1) is 12.5. The number of morpholine rings is 1. The highest BCUT2D eigenvalue weighted by Crippen LogP contribution is 2.21. The maximum atomic E-state index is 12.7. The summed E-state index contributed by atoms with van der Waals surface area (Å²) in [5.41, 5.74) is 0.449. The van der Waals surface area contributed by atoms with Gasteiger partial charge in [0, 0.05) is 38.2 Å². The Labute approximate surface area is 156 Å². The van der Waals surface area contributed by atoms with Crippen LogP contribution < -0.4 is 5.32 Å². The second kappa shape index (κ2) is 8.21. The molecule has 1 N–H and O–H groups in total. The molecule has 8 nitrogen and oxygen atoms in total. The van der Waals surface area contributed by atoms with E-state index in [9.17, 15) is 13.2 Å². The van der Waals surface area contributed by atoms with Crippen molar-refractivity contribution in [2.24, 2.45) is 7.05 Å². The lowest BCUT2D eigenvalue weighted by atomic mass is 10.3. The summed E-state index contributed by atoms with van der Waals surface area (Å²) in [4.78, 5) is 16.4. The smallest absolute Gasteiger partial charge is 0.243 e. The zero-order chi connectivity index (χ0) is 18.6. The van der Waals surface area contributed by atoms with Gasteiger partial charge in [-0.1, -0.05) is 17.8 Å². The first kappa shape index (κ1) is 18.9. The fraction of sp³-hybridized carbons (Fsp3) is 0.375. The number of nitrogens with zero attached hydrogens (tertiary/aromatic N) is 3. The second-order valence-corrected chi connectivity index (χ2v) is 8.58. The first-order valence-corrected chi connectivity index (χ1v) is 10.5. The molecule has 140 valence electrons. The number of carbonyl (C=O) groups excluding carboxylic acids is 1. The molecule has 10 heteroatoms. The number of ether oxygens (including phenoxy) is 1. The molecule has 1 aliphatic rings. The fourth-order valence-electron chi connectivity index (χ4n) is 2.49. The highest BCUT2D eigenvalue weighted by atomic mass is 32.2. The van der Waals surface area contributed by atoms with Crippen LogP contribution in [0.1, 0.15) is 0 Å². The van der Waals surface area contributed by atoms with E-state index in [-0.39, 0.29) is 16.6 Å². The van der Waals surface area contributed by atoms with E-state index in [2.05, 4.69) is 10.3 Å². The number of aromatic nitrogens is 2. The normalized spacial score (nSPS) is 15.7. The molecule has 0 aliphatic carbocycles. The molecule has 1 amide bonds. The van der Waals surface area contributed by atoms with Crippen LogP contribution in [0, 0.1) is 0 Å². The van der Waals surface area contributed by atoms with Gasteiger partial charge in [-0.15, -0.1) is 0 Å². The van der Waals surface area contributed by atoms with Gasteiger partial charge in [0.05, 0.1) is 23.9 Å². The molecule has 1 saturated heterocycles. The number of anilines is 1. The third kappa shape index (κ3) is 4.44. The molecule has 1 fully saturated rings. The van der Waals surface area contributed by atoms with E-state index in [1.54, 1.807) is 24.5 Å². The van der Waals surface area contributed by atoms with E-state index < -0.39 is 10.0 Å². The maximum Gasteiger partial charge on any atom is 0.243 e. The summed E-state index contributed by atoms with van der Waals surface area (Å²) < 4.78 is 33.8. The van der Waals surface area contributed by atoms with Crippen LogP contribution in [0.2, 0.25) is 0 Å². The number of sulfonamides is 1. The van der Waals surface area contributed by atoms with Crippen LogP contribution in [-0.2, 0) is 26.6 Å². The minimum atomic E-state index is -3.59. The van der Waals surface area contributed by atoms with Gasteiger partial charge in [0.1, 0.15) is 0 Å². The molecule has 0 atom stereocenters. The van der Waals surface area contributed by atoms with Crippen LogP contribution in [0.4, 0.5) is 5.69 Å². The Hall–Kier alpha value is -1.88. The molecule has 3 rings (SSSR count). The van der Waals surface area contributed by atoms with E-state index in [0.29, 0.717) is 32.0 Å². The first-order valence-electron chi connectivity index (χ1n) is 8.05. The Morgan fingerprint density at radius 1 is 1.35 bits per heavy atom. The number of imidazole rings is 1. The number of nitrogens with one attached hydrogen (secondary N) is 1. The van der Waals surface area contributed by atoms with E-state index in [1.807, 2.05) is 11.6 Å². The minimum Gasteiger partial charge on any atom is -0.379 e. The zero-order valence-electron chi connectivity index (χ0n) is 14.3. The number of thioether (sulfide) groups is 1. The third-order valence-corrected chi connectivity index (χ3v) is 6.79. The predicted molar refractivity (Wildman–Crippen MR) is 98.6 cm³/mol. The Morgan fingerprint density at radius 3 is 2.81 bits per heavy atom. The lowest BCUT2D eigenvalue weighted by Crippen LogP contribution is -2.40. The highest BCUT2D eigenvalue weighted by Gasteiger charge is 2.26. The monoisotopic (exact) mass is 396 g/mol. The van der Waals surface area contributed by atoms with Gasteiger partial charge in [0.2, 0.25) is 15.9 Å². The van der Waals surface area contributed by atoms with E-state index in [1.165, 1.54) is 28.2 Å². The number of benzene rings is 1. The number of hydrogen-bond donors (Lipinski definition) is 1. The van der Waals surface area contributed by atoms with Gasteiger partial charge in [0.25, 0.3) is 0 Å². The Morgan fingerprint density at radius 2 is 2.12 bits per heavy atom. The van der Waals surface area contributed by atoms with Crippen LogP contribution >= 0.6 is 11.8 Å². The van der Waals surface area contributed by atoms with Crippen LogP contribution in [0.15, 0.2) is 46.7 Å². The number of carbonyl (C=O) groups is 1. The molecule has 0 bridgehead atoms. The Balaban J connectivity index is 1.65. The van der Waals surface area contributed by atoms with Gasteiger partial charge in [-0.2, -0.15) is 4.31 Å².